The molecule has 1 N–H and O–H groups in total. The largest absolute Gasteiger partial charge is 0.324 e. The Hall–Kier alpha value is -3.31. The van der Waals surface area contributed by atoms with Crippen LogP contribution >= 0.6 is 35.0 Å². The molecule has 0 radical (unpaired) electrons. The second-order valence-electron chi connectivity index (χ2n) is 7.17. The van der Waals surface area contributed by atoms with Gasteiger partial charge in [-0.25, -0.2) is 4.98 Å². The van der Waals surface area contributed by atoms with Crippen LogP contribution in [-0.4, -0.2) is 21.2 Å². The first kappa shape index (κ1) is 22.9. The quantitative estimate of drug-likeness (QED) is 0.288. The maximum atomic E-state index is 13.3. The molecule has 0 atom stereocenters. The summed E-state index contributed by atoms with van der Waals surface area (Å²) in [4.78, 5) is 30.6. The van der Waals surface area contributed by atoms with Crippen LogP contribution in [0.3, 0.4) is 0 Å². The zero-order valence-electron chi connectivity index (χ0n) is 17.3. The smallest absolute Gasteiger partial charge is 0.266 e. The van der Waals surface area contributed by atoms with Crippen LogP contribution in [0.2, 0.25) is 10.0 Å². The third kappa shape index (κ3) is 5.04. The van der Waals surface area contributed by atoms with Crippen molar-refractivity contribution in [3.05, 3.63) is 92.2 Å². The minimum atomic E-state index is -0.366. The molecule has 4 rings (SSSR count). The number of halogens is 2. The Morgan fingerprint density at radius 2 is 1.88 bits per heavy atom. The first-order valence-electron chi connectivity index (χ1n) is 9.77. The highest BCUT2D eigenvalue weighted by Crippen LogP contribution is 2.25. The van der Waals surface area contributed by atoms with Gasteiger partial charge in [0, 0.05) is 10.0 Å². The first-order valence-corrected chi connectivity index (χ1v) is 11.5. The zero-order chi connectivity index (χ0) is 23.5. The van der Waals surface area contributed by atoms with Gasteiger partial charge in [-0.15, -0.1) is 0 Å². The number of nitrogens with zero attached hydrogens (tertiary/aromatic N) is 3. The second-order valence-corrected chi connectivity index (χ2v) is 8.99. The molecule has 4 aromatic rings. The lowest BCUT2D eigenvalue weighted by Gasteiger charge is -2.14. The molecule has 0 saturated heterocycles. The number of carbonyl (C=O) groups excluding carboxylic acids is 1. The van der Waals surface area contributed by atoms with Crippen molar-refractivity contribution < 1.29 is 4.79 Å². The Labute approximate surface area is 203 Å². The molecule has 0 saturated carbocycles. The van der Waals surface area contributed by atoms with Crippen LogP contribution in [0.1, 0.15) is 11.1 Å². The van der Waals surface area contributed by atoms with E-state index in [9.17, 15) is 14.9 Å². The maximum absolute atomic E-state index is 13.3. The number of thioether (sulfide) groups is 1. The minimum Gasteiger partial charge on any atom is -0.324 e. The molecular weight excluding hydrogens is 479 g/mol. The van der Waals surface area contributed by atoms with E-state index in [4.69, 9.17) is 23.2 Å². The van der Waals surface area contributed by atoms with Gasteiger partial charge in [0.25, 0.3) is 5.56 Å². The van der Waals surface area contributed by atoms with E-state index in [0.29, 0.717) is 43.0 Å². The van der Waals surface area contributed by atoms with Crippen LogP contribution in [0.5, 0.6) is 0 Å². The standard InChI is InChI=1S/C24H16Cl2N4O2S/c1-14-3-2-4-18(9-14)30-23(32)19-8-7-17(26)11-21(19)29-24(30)33-13-22(31)28-20-10-16(25)6-5-15(20)12-27/h2-11H,13H2,1H3,(H,28,31). The van der Waals surface area contributed by atoms with Gasteiger partial charge >= 0.3 is 0 Å². The summed E-state index contributed by atoms with van der Waals surface area (Å²) in [7, 11) is 0. The molecule has 0 aliphatic heterocycles. The monoisotopic (exact) mass is 494 g/mol. The van der Waals surface area contributed by atoms with Crippen molar-refractivity contribution in [1.82, 2.24) is 9.55 Å². The summed E-state index contributed by atoms with van der Waals surface area (Å²) in [5.41, 5.74) is 2.44. The normalized spacial score (nSPS) is 10.7. The summed E-state index contributed by atoms with van der Waals surface area (Å²) < 4.78 is 1.49. The average molecular weight is 495 g/mol. The summed E-state index contributed by atoms with van der Waals surface area (Å²) in [6.45, 7) is 1.93. The number of aromatic nitrogens is 2. The minimum absolute atomic E-state index is 0.0400. The zero-order valence-corrected chi connectivity index (χ0v) is 19.6. The van der Waals surface area contributed by atoms with Gasteiger partial charge in [-0.05, 0) is 61.0 Å². The molecule has 0 spiro atoms. The molecule has 0 aliphatic rings. The van der Waals surface area contributed by atoms with Crippen molar-refractivity contribution in [2.24, 2.45) is 0 Å². The molecule has 1 amide bonds. The Morgan fingerprint density at radius 3 is 2.64 bits per heavy atom. The lowest BCUT2D eigenvalue weighted by molar-refractivity contribution is -0.113. The summed E-state index contributed by atoms with van der Waals surface area (Å²) in [5, 5.41) is 13.6. The van der Waals surface area contributed by atoms with E-state index in [2.05, 4.69) is 10.3 Å². The van der Waals surface area contributed by atoms with E-state index in [1.807, 2.05) is 37.3 Å². The predicted molar refractivity (Wildman–Crippen MR) is 133 cm³/mol. The summed E-state index contributed by atoms with van der Waals surface area (Å²) >= 11 is 13.2. The molecule has 1 heterocycles. The highest BCUT2D eigenvalue weighted by molar-refractivity contribution is 7.99. The third-order valence-corrected chi connectivity index (χ3v) is 6.18. The summed E-state index contributed by atoms with van der Waals surface area (Å²) in [6.07, 6.45) is 0. The second kappa shape index (κ2) is 9.67. The molecule has 6 nitrogen and oxygen atoms in total. The molecule has 1 aromatic heterocycles. The van der Waals surface area contributed by atoms with E-state index < -0.39 is 0 Å². The van der Waals surface area contributed by atoms with Gasteiger partial charge in [-0.3, -0.25) is 14.2 Å². The summed E-state index contributed by atoms with van der Waals surface area (Å²) in [5.74, 6) is -0.406. The van der Waals surface area contributed by atoms with Crippen LogP contribution in [0.15, 0.2) is 70.6 Å². The molecule has 0 aliphatic carbocycles. The number of benzene rings is 3. The number of nitrogens with one attached hydrogen (secondary N) is 1. The van der Waals surface area contributed by atoms with Crippen LogP contribution < -0.4 is 10.9 Å². The van der Waals surface area contributed by atoms with E-state index in [1.165, 1.54) is 16.7 Å². The fraction of sp³-hybridized carbons (Fsp3) is 0.0833. The van der Waals surface area contributed by atoms with Gasteiger partial charge in [-0.2, -0.15) is 5.26 Å². The topological polar surface area (TPSA) is 87.8 Å². The molecule has 0 unspecified atom stereocenters. The average Bonchev–Trinajstić information content (AvgIpc) is 2.77. The molecule has 9 heteroatoms. The van der Waals surface area contributed by atoms with Gasteiger partial charge in [0.2, 0.25) is 5.91 Å². The van der Waals surface area contributed by atoms with Crippen molar-refractivity contribution in [3.63, 3.8) is 0 Å². The highest BCUT2D eigenvalue weighted by Gasteiger charge is 2.16. The van der Waals surface area contributed by atoms with Gasteiger partial charge in [-0.1, -0.05) is 47.1 Å². The molecule has 164 valence electrons. The van der Waals surface area contributed by atoms with Gasteiger partial charge in [0.15, 0.2) is 5.16 Å². The SMILES string of the molecule is Cc1cccc(-n2c(SCC(=O)Nc3cc(Cl)ccc3C#N)nc3cc(Cl)ccc3c2=O)c1. The third-order valence-electron chi connectivity index (χ3n) is 4.77. The van der Waals surface area contributed by atoms with Crippen LogP contribution in [0.4, 0.5) is 5.69 Å². The number of rotatable bonds is 5. The maximum Gasteiger partial charge on any atom is 0.266 e. The van der Waals surface area contributed by atoms with Crippen molar-refractivity contribution in [2.75, 3.05) is 11.1 Å². The van der Waals surface area contributed by atoms with Crippen molar-refractivity contribution in [3.8, 4) is 11.8 Å². The predicted octanol–water partition coefficient (Wildman–Crippen LogP) is 5.60. The van der Waals surface area contributed by atoms with Gasteiger partial charge in [0.1, 0.15) is 6.07 Å². The number of hydrogen-bond donors (Lipinski definition) is 1. The number of carbonyl (C=O) groups is 1. The summed E-state index contributed by atoms with van der Waals surface area (Å²) in [6, 6.07) is 19.0. The number of fused-ring (bicyclic) bond motifs is 1. The van der Waals surface area contributed by atoms with Crippen LogP contribution in [0.25, 0.3) is 16.6 Å². The van der Waals surface area contributed by atoms with E-state index in [0.717, 1.165) is 17.3 Å². The Bertz CT molecular complexity index is 1490. The van der Waals surface area contributed by atoms with Crippen molar-refractivity contribution in [1.29, 1.82) is 5.26 Å². The number of hydrogen-bond acceptors (Lipinski definition) is 5. The Morgan fingerprint density at radius 1 is 1.12 bits per heavy atom. The van der Waals surface area contributed by atoms with E-state index in [-0.39, 0.29) is 17.2 Å². The van der Waals surface area contributed by atoms with E-state index in [1.54, 1.807) is 24.3 Å². The van der Waals surface area contributed by atoms with Gasteiger partial charge in [0.05, 0.1) is 33.6 Å². The molecule has 3 aromatic carbocycles. The van der Waals surface area contributed by atoms with Gasteiger partial charge < -0.3 is 5.32 Å². The lowest BCUT2D eigenvalue weighted by atomic mass is 10.2. The number of nitriles is 1. The number of aryl methyl sites for hydroxylation is 1. The Kier molecular flexibility index (Phi) is 6.70. The fourth-order valence-corrected chi connectivity index (χ4v) is 4.41. The highest BCUT2D eigenvalue weighted by atomic mass is 35.5. The molecule has 0 fully saturated rings. The van der Waals surface area contributed by atoms with E-state index >= 15 is 0 Å². The fourth-order valence-electron chi connectivity index (χ4n) is 3.26. The van der Waals surface area contributed by atoms with Crippen LogP contribution in [0, 0.1) is 18.3 Å². The molecular formula is C24H16Cl2N4O2S. The lowest BCUT2D eigenvalue weighted by Crippen LogP contribution is -2.23. The molecule has 0 bridgehead atoms. The Balaban J connectivity index is 1.70. The molecule has 33 heavy (non-hydrogen) atoms. The first-order chi connectivity index (χ1) is 15.9. The van der Waals surface area contributed by atoms with Crippen molar-refractivity contribution in [2.45, 2.75) is 12.1 Å². The van der Waals surface area contributed by atoms with Crippen molar-refractivity contribution >= 4 is 57.5 Å². The van der Waals surface area contributed by atoms with Crippen LogP contribution in [-0.2, 0) is 4.79 Å². The number of amides is 1. The number of anilines is 1.